The minimum atomic E-state index is -3.76. The Hall–Kier alpha value is -1.52. The monoisotopic (exact) mass is 427 g/mol. The van der Waals surface area contributed by atoms with Crippen molar-refractivity contribution in [1.82, 2.24) is 4.31 Å². The van der Waals surface area contributed by atoms with Crippen LogP contribution in [0.2, 0.25) is 0 Å². The summed E-state index contributed by atoms with van der Waals surface area (Å²) in [4.78, 5) is 2.06. The van der Waals surface area contributed by atoms with Crippen molar-refractivity contribution in [3.8, 4) is 0 Å². The van der Waals surface area contributed by atoms with Crippen molar-refractivity contribution in [1.29, 1.82) is 0 Å². The smallest absolute Gasteiger partial charge is 0.224 e. The predicted octanol–water partition coefficient (Wildman–Crippen LogP) is 3.60. The number of sulfone groups is 1. The van der Waals surface area contributed by atoms with Crippen LogP contribution in [0.5, 0.6) is 0 Å². The van der Waals surface area contributed by atoms with Crippen LogP contribution >= 0.6 is 22.7 Å². The molecular formula is C17H17NO4S4. The van der Waals surface area contributed by atoms with E-state index >= 15 is 0 Å². The molecular weight excluding hydrogens is 410 g/mol. The largest absolute Gasteiger partial charge is 0.243 e. The molecule has 5 nitrogen and oxygen atoms in total. The van der Waals surface area contributed by atoms with E-state index in [1.165, 1.54) is 51.2 Å². The van der Waals surface area contributed by atoms with Gasteiger partial charge in [0, 0.05) is 29.1 Å². The lowest BCUT2D eigenvalue weighted by Gasteiger charge is -2.21. The van der Waals surface area contributed by atoms with E-state index in [0.29, 0.717) is 0 Å². The van der Waals surface area contributed by atoms with Crippen LogP contribution in [0.15, 0.2) is 69.1 Å². The number of hydrogen-bond donors (Lipinski definition) is 0. The molecule has 0 saturated carbocycles. The number of benzene rings is 1. The van der Waals surface area contributed by atoms with E-state index in [1.54, 1.807) is 0 Å². The van der Waals surface area contributed by atoms with Crippen molar-refractivity contribution in [3.05, 3.63) is 69.0 Å². The molecule has 3 rings (SSSR count). The van der Waals surface area contributed by atoms with Crippen molar-refractivity contribution in [2.24, 2.45) is 0 Å². The summed E-state index contributed by atoms with van der Waals surface area (Å²) in [7, 11) is -7.14. The topological polar surface area (TPSA) is 71.5 Å². The molecule has 0 amide bonds. The fourth-order valence-corrected chi connectivity index (χ4v) is 6.02. The minimum Gasteiger partial charge on any atom is -0.224 e. The van der Waals surface area contributed by atoms with E-state index in [-0.39, 0.29) is 22.9 Å². The molecule has 2 aromatic heterocycles. The number of hydrogen-bond acceptors (Lipinski definition) is 6. The Kier molecular flexibility index (Phi) is 5.64. The molecule has 2 heterocycles. The van der Waals surface area contributed by atoms with E-state index in [2.05, 4.69) is 0 Å². The fourth-order valence-electron chi connectivity index (χ4n) is 2.39. The van der Waals surface area contributed by atoms with Gasteiger partial charge < -0.3 is 0 Å². The van der Waals surface area contributed by atoms with Gasteiger partial charge in [-0.15, -0.1) is 22.7 Å². The van der Waals surface area contributed by atoms with Gasteiger partial charge in [-0.05, 0) is 47.2 Å². The van der Waals surface area contributed by atoms with Crippen molar-refractivity contribution in [2.45, 2.75) is 22.9 Å². The van der Waals surface area contributed by atoms with E-state index < -0.39 is 19.9 Å². The number of thiophene rings is 2. The normalized spacial score (nSPS) is 12.5. The van der Waals surface area contributed by atoms with Gasteiger partial charge in [-0.25, -0.2) is 16.8 Å². The Morgan fingerprint density at radius 1 is 0.769 bits per heavy atom. The maximum absolute atomic E-state index is 13.1. The molecule has 0 aliphatic heterocycles. The first-order chi connectivity index (χ1) is 12.3. The molecule has 0 N–H and O–H groups in total. The highest BCUT2D eigenvalue weighted by Crippen LogP contribution is 2.25. The quantitative estimate of drug-likeness (QED) is 0.578. The second-order valence-electron chi connectivity index (χ2n) is 5.68. The molecule has 0 aliphatic rings. The first kappa shape index (κ1) is 19.2. The molecule has 0 atom stereocenters. The van der Waals surface area contributed by atoms with Gasteiger partial charge in [0.05, 0.1) is 9.79 Å². The van der Waals surface area contributed by atoms with Gasteiger partial charge in [0.2, 0.25) is 10.0 Å². The highest BCUT2D eigenvalue weighted by atomic mass is 32.2. The molecule has 0 fully saturated rings. The van der Waals surface area contributed by atoms with Gasteiger partial charge in [-0.3, -0.25) is 0 Å². The molecule has 0 spiro atoms. The van der Waals surface area contributed by atoms with Crippen molar-refractivity contribution in [3.63, 3.8) is 0 Å². The Balaban J connectivity index is 1.95. The lowest BCUT2D eigenvalue weighted by Crippen LogP contribution is -2.29. The summed E-state index contributed by atoms with van der Waals surface area (Å²) in [5, 5.41) is 3.82. The molecule has 1 aromatic carbocycles. The van der Waals surface area contributed by atoms with Crippen molar-refractivity contribution >= 4 is 42.5 Å². The summed E-state index contributed by atoms with van der Waals surface area (Å²) in [6.45, 7) is 0.539. The fraction of sp³-hybridized carbons (Fsp3) is 0.176. The zero-order valence-electron chi connectivity index (χ0n) is 13.9. The average Bonchev–Trinajstić information content (AvgIpc) is 3.27. The summed E-state index contributed by atoms with van der Waals surface area (Å²) in [6.07, 6.45) is 1.09. The summed E-state index contributed by atoms with van der Waals surface area (Å²) < 4.78 is 50.9. The van der Waals surface area contributed by atoms with Gasteiger partial charge in [-0.1, -0.05) is 12.1 Å². The summed E-state index contributed by atoms with van der Waals surface area (Å²) in [5.74, 6) is 0. The number of sulfonamides is 1. The Labute approximate surface area is 161 Å². The SMILES string of the molecule is CS(=O)(=O)c1ccc(S(=O)(=O)N(Cc2cccs2)Cc2cccs2)cc1. The third kappa shape index (κ3) is 4.41. The predicted molar refractivity (Wildman–Crippen MR) is 105 cm³/mol. The van der Waals surface area contributed by atoms with Crippen LogP contribution < -0.4 is 0 Å². The molecule has 26 heavy (non-hydrogen) atoms. The highest BCUT2D eigenvalue weighted by molar-refractivity contribution is 7.90. The molecule has 138 valence electrons. The van der Waals surface area contributed by atoms with Gasteiger partial charge >= 0.3 is 0 Å². The van der Waals surface area contributed by atoms with Crippen LogP contribution in [0.25, 0.3) is 0 Å². The van der Waals surface area contributed by atoms with E-state index in [9.17, 15) is 16.8 Å². The lowest BCUT2D eigenvalue weighted by molar-refractivity contribution is 0.407. The van der Waals surface area contributed by atoms with Crippen LogP contribution in [-0.4, -0.2) is 27.4 Å². The zero-order valence-corrected chi connectivity index (χ0v) is 17.2. The van der Waals surface area contributed by atoms with E-state index in [4.69, 9.17) is 0 Å². The number of nitrogens with zero attached hydrogens (tertiary/aromatic N) is 1. The first-order valence-corrected chi connectivity index (χ1v) is 12.7. The van der Waals surface area contributed by atoms with Crippen LogP contribution in [0.3, 0.4) is 0 Å². The summed E-state index contributed by atoms with van der Waals surface area (Å²) >= 11 is 3.00. The van der Waals surface area contributed by atoms with E-state index in [1.807, 2.05) is 35.0 Å². The molecule has 0 bridgehead atoms. The van der Waals surface area contributed by atoms with Gasteiger partial charge in [0.1, 0.15) is 0 Å². The molecule has 0 radical (unpaired) electrons. The van der Waals surface area contributed by atoms with Gasteiger partial charge in [0.25, 0.3) is 0 Å². The standard InChI is InChI=1S/C17H17NO4S4/c1-25(19,20)16-6-8-17(9-7-16)26(21,22)18(12-14-4-2-10-23-14)13-15-5-3-11-24-15/h2-11H,12-13H2,1H3. The molecule has 0 unspecified atom stereocenters. The van der Waals surface area contributed by atoms with Gasteiger partial charge in [-0.2, -0.15) is 4.31 Å². The first-order valence-electron chi connectivity index (χ1n) is 7.62. The average molecular weight is 428 g/mol. The van der Waals surface area contributed by atoms with Crippen molar-refractivity contribution < 1.29 is 16.8 Å². The third-order valence-corrected chi connectivity index (χ3v) is 8.37. The number of rotatable bonds is 7. The van der Waals surface area contributed by atoms with Crippen molar-refractivity contribution in [2.75, 3.05) is 6.26 Å². The molecule has 9 heteroatoms. The van der Waals surface area contributed by atoms with Crippen LogP contribution in [0.1, 0.15) is 9.75 Å². The second kappa shape index (κ2) is 7.61. The van der Waals surface area contributed by atoms with Crippen LogP contribution in [-0.2, 0) is 33.0 Å². The Morgan fingerprint density at radius 2 is 1.23 bits per heavy atom. The van der Waals surface area contributed by atoms with Gasteiger partial charge in [0.15, 0.2) is 9.84 Å². The molecule has 0 saturated heterocycles. The summed E-state index contributed by atoms with van der Waals surface area (Å²) in [5.41, 5.74) is 0. The Bertz CT molecular complexity index is 1020. The summed E-state index contributed by atoms with van der Waals surface area (Å²) in [6, 6.07) is 12.9. The van der Waals surface area contributed by atoms with Crippen LogP contribution in [0, 0.1) is 0 Å². The second-order valence-corrected chi connectivity index (χ2v) is 11.7. The molecule has 3 aromatic rings. The Morgan fingerprint density at radius 3 is 1.62 bits per heavy atom. The third-order valence-electron chi connectivity index (χ3n) is 3.71. The lowest BCUT2D eigenvalue weighted by atomic mass is 10.4. The highest BCUT2D eigenvalue weighted by Gasteiger charge is 2.26. The van der Waals surface area contributed by atoms with E-state index in [0.717, 1.165) is 16.0 Å². The van der Waals surface area contributed by atoms with Crippen LogP contribution in [0.4, 0.5) is 0 Å². The molecule has 0 aliphatic carbocycles. The maximum Gasteiger partial charge on any atom is 0.243 e. The maximum atomic E-state index is 13.1. The zero-order chi connectivity index (χ0) is 18.8. The minimum absolute atomic E-state index is 0.0815.